The largest absolute Gasteiger partial charge is 0.331 e. The van der Waals surface area contributed by atoms with E-state index in [9.17, 15) is 22.8 Å². The van der Waals surface area contributed by atoms with E-state index in [-0.39, 0.29) is 11.5 Å². The van der Waals surface area contributed by atoms with Crippen molar-refractivity contribution < 1.29 is 18.0 Å². The molecule has 12 heteroatoms. The molecule has 2 aromatic carbocycles. The molecule has 0 saturated heterocycles. The zero-order valence-corrected chi connectivity index (χ0v) is 18.2. The highest BCUT2D eigenvalue weighted by Gasteiger charge is 2.14. The molecular weight excluding hydrogens is 469 g/mol. The molecule has 34 heavy (non-hydrogen) atoms. The summed E-state index contributed by atoms with van der Waals surface area (Å²) in [5.74, 6) is -4.08. The van der Waals surface area contributed by atoms with Gasteiger partial charge >= 0.3 is 6.03 Å². The Labute approximate surface area is 194 Å². The van der Waals surface area contributed by atoms with Gasteiger partial charge in [0, 0.05) is 43.0 Å². The van der Waals surface area contributed by atoms with Crippen molar-refractivity contribution >= 4 is 29.0 Å². The Kier molecular flexibility index (Phi) is 6.99. The molecule has 2 aromatic heterocycles. The van der Waals surface area contributed by atoms with E-state index in [0.29, 0.717) is 30.8 Å². The minimum absolute atomic E-state index is 0.211. The third-order valence-electron chi connectivity index (χ3n) is 4.64. The number of carbonyl (C=O) groups excluding carboxylic acids is 1. The van der Waals surface area contributed by atoms with Crippen LogP contribution in [0.5, 0.6) is 0 Å². The number of amides is 2. The minimum Gasteiger partial charge on any atom is -0.331 e. The quantitative estimate of drug-likeness (QED) is 0.292. The summed E-state index contributed by atoms with van der Waals surface area (Å²) in [5.41, 5.74) is 0.737. The number of hydrogen-bond acceptors (Lipinski definition) is 6. The fourth-order valence-corrected chi connectivity index (χ4v) is 3.59. The molecule has 2 amide bonds. The first-order valence-corrected chi connectivity index (χ1v) is 10.8. The van der Waals surface area contributed by atoms with Gasteiger partial charge < -0.3 is 15.6 Å². The van der Waals surface area contributed by atoms with E-state index < -0.39 is 34.7 Å². The lowest BCUT2D eigenvalue weighted by Crippen LogP contribution is -2.24. The SMILES string of the molecule is O=C(Nc1nc(=O)c(-c2ccc(CNCc3nccs3)cc2)c[nH]1)Nc1cc(F)c(F)cc1F. The molecule has 8 nitrogen and oxygen atoms in total. The van der Waals surface area contributed by atoms with Crippen LogP contribution in [-0.2, 0) is 13.1 Å². The number of carbonyl (C=O) groups is 1. The Balaban J connectivity index is 1.37. The van der Waals surface area contributed by atoms with Crippen molar-refractivity contribution in [3.8, 4) is 11.1 Å². The summed E-state index contributed by atoms with van der Waals surface area (Å²) in [4.78, 5) is 35.1. The average Bonchev–Trinajstić information content (AvgIpc) is 3.32. The Morgan fingerprint density at radius 2 is 1.76 bits per heavy atom. The average molecular weight is 486 g/mol. The molecule has 0 aliphatic rings. The van der Waals surface area contributed by atoms with Crippen LogP contribution < -0.4 is 21.5 Å². The van der Waals surface area contributed by atoms with Gasteiger partial charge in [0.1, 0.15) is 10.8 Å². The molecule has 2 heterocycles. The summed E-state index contributed by atoms with van der Waals surface area (Å²) in [7, 11) is 0. The van der Waals surface area contributed by atoms with E-state index in [1.54, 1.807) is 29.7 Å². The smallest absolute Gasteiger partial charge is 0.326 e. The first kappa shape index (κ1) is 23.1. The van der Waals surface area contributed by atoms with Crippen molar-refractivity contribution in [1.82, 2.24) is 20.3 Å². The maximum atomic E-state index is 13.7. The molecule has 4 aromatic rings. The van der Waals surface area contributed by atoms with E-state index in [1.165, 1.54) is 6.20 Å². The minimum atomic E-state index is -1.38. The van der Waals surface area contributed by atoms with Gasteiger partial charge in [0.05, 0.1) is 11.3 Å². The Hall–Kier alpha value is -4.03. The highest BCUT2D eigenvalue weighted by molar-refractivity contribution is 7.09. The first-order chi connectivity index (χ1) is 16.4. The summed E-state index contributed by atoms with van der Waals surface area (Å²) in [6.45, 7) is 1.29. The highest BCUT2D eigenvalue weighted by Crippen LogP contribution is 2.19. The number of anilines is 2. The maximum absolute atomic E-state index is 13.7. The van der Waals surface area contributed by atoms with Gasteiger partial charge in [0.25, 0.3) is 5.56 Å². The molecule has 174 valence electrons. The van der Waals surface area contributed by atoms with Gasteiger partial charge in [-0.25, -0.2) is 22.9 Å². The number of hydrogen-bond donors (Lipinski definition) is 4. The molecule has 0 saturated carbocycles. The second-order valence-electron chi connectivity index (χ2n) is 7.02. The fraction of sp³-hybridized carbons (Fsp3) is 0.0909. The van der Waals surface area contributed by atoms with Crippen LogP contribution in [0.2, 0.25) is 0 Å². The number of urea groups is 1. The second-order valence-corrected chi connectivity index (χ2v) is 8.00. The van der Waals surface area contributed by atoms with Crippen molar-refractivity contribution in [3.63, 3.8) is 0 Å². The molecule has 0 aliphatic heterocycles. The van der Waals surface area contributed by atoms with Gasteiger partial charge in [-0.1, -0.05) is 24.3 Å². The molecule has 0 unspecified atom stereocenters. The van der Waals surface area contributed by atoms with Crippen molar-refractivity contribution in [2.75, 3.05) is 10.6 Å². The van der Waals surface area contributed by atoms with Gasteiger partial charge in [-0.05, 0) is 11.1 Å². The van der Waals surface area contributed by atoms with Crippen molar-refractivity contribution in [1.29, 1.82) is 0 Å². The van der Waals surface area contributed by atoms with Crippen molar-refractivity contribution in [2.24, 2.45) is 0 Å². The van der Waals surface area contributed by atoms with Gasteiger partial charge in [0.2, 0.25) is 5.95 Å². The number of halogens is 3. The van der Waals surface area contributed by atoms with Crippen LogP contribution in [0.15, 0.2) is 59.0 Å². The van der Waals surface area contributed by atoms with Crippen LogP contribution in [-0.4, -0.2) is 21.0 Å². The zero-order valence-electron chi connectivity index (χ0n) is 17.4. The molecule has 0 bridgehead atoms. The second kappa shape index (κ2) is 10.3. The van der Waals surface area contributed by atoms with Crippen molar-refractivity contribution in [3.05, 3.63) is 92.5 Å². The fourth-order valence-electron chi connectivity index (χ4n) is 3.00. The number of thiazole rings is 1. The van der Waals surface area contributed by atoms with E-state index in [1.807, 2.05) is 22.8 Å². The normalized spacial score (nSPS) is 10.8. The molecular formula is C22H17F3N6O2S. The molecule has 4 N–H and O–H groups in total. The highest BCUT2D eigenvalue weighted by atomic mass is 32.1. The summed E-state index contributed by atoms with van der Waals surface area (Å²) in [6.07, 6.45) is 3.13. The topological polar surface area (TPSA) is 112 Å². The Morgan fingerprint density at radius 3 is 2.47 bits per heavy atom. The van der Waals surface area contributed by atoms with E-state index in [0.717, 1.165) is 10.6 Å². The number of aromatic amines is 1. The Morgan fingerprint density at radius 1 is 1.00 bits per heavy atom. The van der Waals surface area contributed by atoms with E-state index in [2.05, 4.69) is 25.6 Å². The molecule has 0 spiro atoms. The summed E-state index contributed by atoms with van der Waals surface area (Å²) in [6, 6.07) is 7.11. The lowest BCUT2D eigenvalue weighted by Gasteiger charge is -2.09. The molecule has 4 rings (SSSR count). The Bertz CT molecular complexity index is 1360. The predicted molar refractivity (Wildman–Crippen MR) is 122 cm³/mol. The van der Waals surface area contributed by atoms with Gasteiger partial charge in [-0.2, -0.15) is 4.98 Å². The maximum Gasteiger partial charge on any atom is 0.326 e. The van der Waals surface area contributed by atoms with Crippen LogP contribution >= 0.6 is 11.3 Å². The molecule has 0 aliphatic carbocycles. The van der Waals surface area contributed by atoms with E-state index in [4.69, 9.17) is 0 Å². The third kappa shape index (κ3) is 5.66. The molecule has 0 radical (unpaired) electrons. The van der Waals surface area contributed by atoms with Gasteiger partial charge in [-0.15, -0.1) is 11.3 Å². The predicted octanol–water partition coefficient (Wildman–Crippen LogP) is 4.24. The standard InChI is InChI=1S/C22H17F3N6O2S/c23-15-7-17(25)18(8-16(15)24)29-22(33)31-21-28-10-14(20(32)30-21)13-3-1-12(2-4-13)9-26-11-19-27-5-6-34-19/h1-8,10,26H,9,11H2,(H3,28,29,30,31,32,33). The number of nitrogens with zero attached hydrogens (tertiary/aromatic N) is 2. The van der Waals surface area contributed by atoms with Crippen molar-refractivity contribution in [2.45, 2.75) is 13.1 Å². The van der Waals surface area contributed by atoms with Crippen LogP contribution in [0, 0.1) is 17.5 Å². The first-order valence-electron chi connectivity index (χ1n) is 9.90. The monoisotopic (exact) mass is 486 g/mol. The lowest BCUT2D eigenvalue weighted by molar-refractivity contribution is 0.262. The third-order valence-corrected chi connectivity index (χ3v) is 5.42. The number of rotatable bonds is 7. The lowest BCUT2D eigenvalue weighted by atomic mass is 10.1. The summed E-state index contributed by atoms with van der Waals surface area (Å²) in [5, 5.41) is 10.4. The number of nitrogens with one attached hydrogen (secondary N) is 4. The van der Waals surface area contributed by atoms with Crippen LogP contribution in [0.3, 0.4) is 0 Å². The summed E-state index contributed by atoms with van der Waals surface area (Å²) < 4.78 is 39.9. The van der Waals surface area contributed by atoms with Gasteiger partial charge in [0.15, 0.2) is 11.6 Å². The van der Waals surface area contributed by atoms with Crippen LogP contribution in [0.1, 0.15) is 10.6 Å². The van der Waals surface area contributed by atoms with E-state index >= 15 is 0 Å². The number of benzene rings is 2. The van der Waals surface area contributed by atoms with Crippen LogP contribution in [0.25, 0.3) is 11.1 Å². The number of aromatic nitrogens is 3. The summed E-state index contributed by atoms with van der Waals surface area (Å²) >= 11 is 1.57. The number of H-pyrrole nitrogens is 1. The molecule has 0 atom stereocenters. The zero-order chi connectivity index (χ0) is 24.1. The molecule has 0 fully saturated rings. The van der Waals surface area contributed by atoms with Gasteiger partial charge in [-0.3, -0.25) is 10.1 Å². The van der Waals surface area contributed by atoms with Crippen LogP contribution in [0.4, 0.5) is 29.6 Å².